The molecule has 0 fully saturated rings. The predicted octanol–water partition coefficient (Wildman–Crippen LogP) is 2.65. The number of nitrogens with one attached hydrogen (secondary N) is 3. The number of carbonyl (C=O) groups excluding carboxylic acids is 1. The fourth-order valence-corrected chi connectivity index (χ4v) is 3.90. The fourth-order valence-electron chi connectivity index (χ4n) is 2.17. The number of anilines is 1. The summed E-state index contributed by atoms with van der Waals surface area (Å²) in [5.41, 5.74) is 3.76. The van der Waals surface area contributed by atoms with Crippen molar-refractivity contribution < 1.29 is 26.4 Å². The number of sulfonamides is 1. The fraction of sp³-hybridized carbons (Fsp3) is 0.235. The quantitative estimate of drug-likeness (QED) is 0.418. The Morgan fingerprint density at radius 3 is 2.39 bits per heavy atom. The van der Waals surface area contributed by atoms with Gasteiger partial charge in [-0.15, -0.1) is 0 Å². The molecule has 2 aromatic rings. The lowest BCUT2D eigenvalue weighted by atomic mass is 10.2. The first-order chi connectivity index (χ1) is 13.3. The number of benzene rings is 2. The Labute approximate surface area is 164 Å². The summed E-state index contributed by atoms with van der Waals surface area (Å²) in [4.78, 5) is 12.4. The van der Waals surface area contributed by atoms with E-state index in [1.54, 1.807) is 24.5 Å². The Morgan fingerprint density at radius 1 is 1.07 bits per heavy atom. The molecule has 0 saturated carbocycles. The van der Waals surface area contributed by atoms with E-state index in [0.29, 0.717) is 11.8 Å². The van der Waals surface area contributed by atoms with Crippen LogP contribution in [0, 0.1) is 17.5 Å². The number of rotatable bonds is 9. The summed E-state index contributed by atoms with van der Waals surface area (Å²) in [6.45, 7) is 0. The Balaban J connectivity index is 2.12. The van der Waals surface area contributed by atoms with E-state index < -0.39 is 45.1 Å². The highest BCUT2D eigenvalue weighted by molar-refractivity contribution is 7.98. The third-order valence-electron chi connectivity index (χ3n) is 3.63. The maximum atomic E-state index is 13.7. The lowest BCUT2D eigenvalue weighted by Gasteiger charge is -2.19. The molecule has 2 rings (SSSR count). The van der Waals surface area contributed by atoms with Crippen LogP contribution in [0.3, 0.4) is 0 Å². The topological polar surface area (TPSA) is 87.3 Å². The van der Waals surface area contributed by atoms with Gasteiger partial charge in [-0.2, -0.15) is 16.5 Å². The zero-order valence-corrected chi connectivity index (χ0v) is 16.3. The minimum atomic E-state index is -3.97. The molecule has 28 heavy (non-hydrogen) atoms. The molecule has 0 aliphatic heterocycles. The van der Waals surface area contributed by atoms with E-state index in [0.717, 1.165) is 6.07 Å². The standard InChI is InChI=1S/C17H18F3N3O3S2/c1-27-10-9-14(23-28(25,26)11-5-3-2-4-6-11)17(24)22-21-13-8-7-12(18)15(19)16(13)20/h2-8,14,21,23H,9-10H2,1H3,(H,22,24). The summed E-state index contributed by atoms with van der Waals surface area (Å²) in [6.07, 6.45) is 1.94. The minimum absolute atomic E-state index is 0.0171. The first kappa shape index (κ1) is 22.1. The van der Waals surface area contributed by atoms with Gasteiger partial charge in [0, 0.05) is 0 Å². The molecule has 11 heteroatoms. The summed E-state index contributed by atoms with van der Waals surface area (Å²) >= 11 is 1.40. The number of halogens is 3. The second kappa shape index (κ2) is 9.80. The van der Waals surface area contributed by atoms with Crippen LogP contribution in [0.5, 0.6) is 0 Å². The molecule has 0 radical (unpaired) electrons. The van der Waals surface area contributed by atoms with Gasteiger partial charge in [0.1, 0.15) is 6.04 Å². The molecule has 1 unspecified atom stereocenters. The Bertz CT molecular complexity index is 928. The summed E-state index contributed by atoms with van der Waals surface area (Å²) in [5, 5.41) is 0. The van der Waals surface area contributed by atoms with Gasteiger partial charge in [-0.1, -0.05) is 18.2 Å². The molecule has 0 aromatic heterocycles. The largest absolute Gasteiger partial charge is 0.295 e. The lowest BCUT2D eigenvalue weighted by molar-refractivity contribution is -0.122. The molecule has 1 atom stereocenters. The summed E-state index contributed by atoms with van der Waals surface area (Å²) in [5.74, 6) is -4.91. The van der Waals surface area contributed by atoms with Crippen molar-refractivity contribution in [2.24, 2.45) is 0 Å². The van der Waals surface area contributed by atoms with Gasteiger partial charge in [0.25, 0.3) is 5.91 Å². The average molecular weight is 433 g/mol. The molecule has 0 aliphatic rings. The molecular formula is C17H18F3N3O3S2. The second-order valence-electron chi connectivity index (χ2n) is 5.61. The number of thioether (sulfide) groups is 1. The van der Waals surface area contributed by atoms with E-state index in [1.165, 1.54) is 23.9 Å². The molecule has 2 aromatic carbocycles. The normalized spacial score (nSPS) is 12.4. The van der Waals surface area contributed by atoms with Gasteiger partial charge < -0.3 is 0 Å². The first-order valence-electron chi connectivity index (χ1n) is 8.02. The smallest absolute Gasteiger partial charge is 0.256 e. The number of hydrogen-bond donors (Lipinski definition) is 3. The molecule has 0 bridgehead atoms. The summed E-state index contributed by atoms with van der Waals surface area (Å²) in [6, 6.07) is 7.91. The molecule has 1 amide bonds. The molecule has 3 N–H and O–H groups in total. The maximum Gasteiger partial charge on any atom is 0.256 e. The maximum absolute atomic E-state index is 13.7. The van der Waals surface area contributed by atoms with Gasteiger partial charge in [0.15, 0.2) is 17.5 Å². The molecule has 0 saturated heterocycles. The highest BCUT2D eigenvalue weighted by atomic mass is 32.2. The lowest BCUT2D eigenvalue weighted by Crippen LogP contribution is -2.48. The van der Waals surface area contributed by atoms with Gasteiger partial charge in [0.2, 0.25) is 10.0 Å². The highest BCUT2D eigenvalue weighted by Gasteiger charge is 2.25. The van der Waals surface area contributed by atoms with E-state index >= 15 is 0 Å². The van der Waals surface area contributed by atoms with Crippen LogP contribution in [0.25, 0.3) is 0 Å². The van der Waals surface area contributed by atoms with Gasteiger partial charge in [-0.3, -0.25) is 15.6 Å². The molecular weight excluding hydrogens is 415 g/mol. The van der Waals surface area contributed by atoms with Gasteiger partial charge in [0.05, 0.1) is 10.6 Å². The van der Waals surface area contributed by atoms with Crippen LogP contribution in [-0.2, 0) is 14.8 Å². The van der Waals surface area contributed by atoms with Crippen LogP contribution in [0.4, 0.5) is 18.9 Å². The predicted molar refractivity (Wildman–Crippen MR) is 102 cm³/mol. The Hall–Kier alpha value is -2.24. The van der Waals surface area contributed by atoms with Crippen molar-refractivity contribution in [1.29, 1.82) is 0 Å². The van der Waals surface area contributed by atoms with E-state index in [4.69, 9.17) is 0 Å². The third-order valence-corrected chi connectivity index (χ3v) is 5.77. The van der Waals surface area contributed by atoms with Gasteiger partial charge in [-0.25, -0.2) is 21.6 Å². The van der Waals surface area contributed by atoms with Crippen LogP contribution in [0.1, 0.15) is 6.42 Å². The van der Waals surface area contributed by atoms with E-state index in [2.05, 4.69) is 15.6 Å². The van der Waals surface area contributed by atoms with Gasteiger partial charge in [-0.05, 0) is 42.7 Å². The Morgan fingerprint density at radius 2 is 1.75 bits per heavy atom. The molecule has 0 aliphatic carbocycles. The second-order valence-corrected chi connectivity index (χ2v) is 8.31. The average Bonchev–Trinajstić information content (AvgIpc) is 2.69. The molecule has 152 valence electrons. The molecule has 6 nitrogen and oxygen atoms in total. The Kier molecular flexibility index (Phi) is 7.72. The van der Waals surface area contributed by atoms with Crippen molar-refractivity contribution >= 4 is 33.4 Å². The first-order valence-corrected chi connectivity index (χ1v) is 10.9. The highest BCUT2D eigenvalue weighted by Crippen LogP contribution is 2.19. The monoisotopic (exact) mass is 433 g/mol. The van der Waals surface area contributed by atoms with Crippen LogP contribution in [0.2, 0.25) is 0 Å². The van der Waals surface area contributed by atoms with Crippen molar-refractivity contribution in [2.75, 3.05) is 17.4 Å². The number of hydrazine groups is 1. The van der Waals surface area contributed by atoms with Crippen molar-refractivity contribution in [3.05, 3.63) is 59.9 Å². The summed E-state index contributed by atoms with van der Waals surface area (Å²) < 4.78 is 67.1. The minimum Gasteiger partial charge on any atom is -0.295 e. The van der Waals surface area contributed by atoms with Crippen LogP contribution >= 0.6 is 11.8 Å². The summed E-state index contributed by atoms with van der Waals surface area (Å²) in [7, 11) is -3.97. The zero-order chi connectivity index (χ0) is 20.7. The van der Waals surface area contributed by atoms with Crippen molar-refractivity contribution in [3.8, 4) is 0 Å². The van der Waals surface area contributed by atoms with Crippen LogP contribution in [0.15, 0.2) is 47.4 Å². The molecule has 0 spiro atoms. The van der Waals surface area contributed by atoms with E-state index in [-0.39, 0.29) is 11.3 Å². The van der Waals surface area contributed by atoms with E-state index in [1.807, 2.05) is 0 Å². The van der Waals surface area contributed by atoms with Crippen molar-refractivity contribution in [3.63, 3.8) is 0 Å². The number of hydrogen-bond acceptors (Lipinski definition) is 5. The van der Waals surface area contributed by atoms with Crippen LogP contribution in [-0.4, -0.2) is 32.4 Å². The van der Waals surface area contributed by atoms with Crippen molar-refractivity contribution in [2.45, 2.75) is 17.4 Å². The van der Waals surface area contributed by atoms with Crippen LogP contribution < -0.4 is 15.6 Å². The van der Waals surface area contributed by atoms with E-state index in [9.17, 15) is 26.4 Å². The van der Waals surface area contributed by atoms with Crippen molar-refractivity contribution in [1.82, 2.24) is 10.1 Å². The zero-order valence-electron chi connectivity index (χ0n) is 14.7. The third kappa shape index (κ3) is 5.63. The molecule has 0 heterocycles. The SMILES string of the molecule is CSCCC(NS(=O)(=O)c1ccccc1)C(=O)NNc1ccc(F)c(F)c1F. The number of carbonyl (C=O) groups is 1. The number of amides is 1. The van der Waals surface area contributed by atoms with Gasteiger partial charge >= 0.3 is 0 Å².